The highest BCUT2D eigenvalue weighted by Crippen LogP contribution is 2.19. The Morgan fingerprint density at radius 3 is 2.70 bits per heavy atom. The Kier molecular flexibility index (Phi) is 4.86. The van der Waals surface area contributed by atoms with Crippen LogP contribution in [0, 0.1) is 0 Å². The first-order valence-corrected chi connectivity index (χ1v) is 7.31. The summed E-state index contributed by atoms with van der Waals surface area (Å²) >= 11 is 0. The normalized spacial score (nSPS) is 31.4. The molecule has 0 aromatic carbocycles. The lowest BCUT2D eigenvalue weighted by Gasteiger charge is -2.36. The molecule has 2 aliphatic rings. The molecule has 2 fully saturated rings. The number of ether oxygens (including phenoxy) is 2. The zero-order valence-electron chi connectivity index (χ0n) is 12.5. The van der Waals surface area contributed by atoms with Gasteiger partial charge in [0.2, 0.25) is 0 Å². The number of hydrogen-bond donors (Lipinski definition) is 1. The third-order valence-electron chi connectivity index (χ3n) is 3.57. The highest BCUT2D eigenvalue weighted by atomic mass is 19.1. The number of nitrogens with zero attached hydrogens (tertiary/aromatic N) is 1. The average molecular weight is 288 g/mol. The van der Waals surface area contributed by atoms with Gasteiger partial charge in [0.15, 0.2) is 0 Å². The number of carbonyl (C=O) groups excluding carboxylic acids is 1. The van der Waals surface area contributed by atoms with Crippen LogP contribution in [-0.4, -0.2) is 61.2 Å². The number of nitrogens with one attached hydrogen (secondary N) is 1. The maximum atomic E-state index is 14.2. The van der Waals surface area contributed by atoms with Gasteiger partial charge in [0.05, 0.1) is 13.2 Å². The Morgan fingerprint density at radius 2 is 2.15 bits per heavy atom. The molecule has 3 atom stereocenters. The molecule has 1 amide bonds. The third kappa shape index (κ3) is 4.31. The summed E-state index contributed by atoms with van der Waals surface area (Å²) in [7, 11) is 0. The van der Waals surface area contributed by atoms with Crippen LogP contribution >= 0.6 is 0 Å². The van der Waals surface area contributed by atoms with Crippen molar-refractivity contribution < 1.29 is 18.7 Å². The Morgan fingerprint density at radius 1 is 1.40 bits per heavy atom. The number of alkyl halides is 1. The second-order valence-corrected chi connectivity index (χ2v) is 6.56. The van der Waals surface area contributed by atoms with E-state index in [2.05, 4.69) is 5.32 Å². The standard InChI is InChI=1S/C14H25FN2O3/c1-14(2,3)20-13(18)17-6-4-12(11(15)8-17)16-10-5-7-19-9-10/h10-12,16H,4-9H2,1-3H3/t10-,11+,12-/m1/s1. The second-order valence-electron chi connectivity index (χ2n) is 6.56. The van der Waals surface area contributed by atoms with E-state index in [0.717, 1.165) is 13.0 Å². The van der Waals surface area contributed by atoms with E-state index in [0.29, 0.717) is 19.6 Å². The molecule has 0 saturated carbocycles. The molecule has 0 unspecified atom stereocenters. The molecule has 0 radical (unpaired) electrons. The minimum atomic E-state index is -1.06. The Balaban J connectivity index is 1.80. The molecule has 0 aromatic rings. The summed E-state index contributed by atoms with van der Waals surface area (Å²) in [6, 6.07) is 0.0479. The molecular weight excluding hydrogens is 263 g/mol. The highest BCUT2D eigenvalue weighted by molar-refractivity contribution is 5.68. The first-order chi connectivity index (χ1) is 9.35. The van der Waals surface area contributed by atoms with E-state index in [4.69, 9.17) is 9.47 Å². The smallest absolute Gasteiger partial charge is 0.410 e. The number of hydrogen-bond acceptors (Lipinski definition) is 4. The van der Waals surface area contributed by atoms with Gasteiger partial charge in [0.25, 0.3) is 0 Å². The van der Waals surface area contributed by atoms with Crippen molar-refractivity contribution in [2.75, 3.05) is 26.3 Å². The van der Waals surface area contributed by atoms with E-state index in [1.54, 1.807) is 0 Å². The van der Waals surface area contributed by atoms with E-state index in [1.165, 1.54) is 4.90 Å². The molecule has 2 aliphatic heterocycles. The van der Waals surface area contributed by atoms with E-state index in [-0.39, 0.29) is 18.6 Å². The number of piperidine rings is 1. The largest absolute Gasteiger partial charge is 0.444 e. The van der Waals surface area contributed by atoms with Crippen LogP contribution in [0.3, 0.4) is 0 Å². The minimum absolute atomic E-state index is 0.0974. The number of likely N-dealkylation sites (tertiary alicyclic amines) is 1. The van der Waals surface area contributed by atoms with Crippen molar-refractivity contribution in [2.45, 2.75) is 57.5 Å². The van der Waals surface area contributed by atoms with Gasteiger partial charge in [-0.05, 0) is 33.6 Å². The van der Waals surface area contributed by atoms with E-state index < -0.39 is 17.9 Å². The zero-order valence-corrected chi connectivity index (χ0v) is 12.5. The van der Waals surface area contributed by atoms with Crippen molar-refractivity contribution >= 4 is 6.09 Å². The lowest BCUT2D eigenvalue weighted by atomic mass is 10.0. The first kappa shape index (κ1) is 15.5. The monoisotopic (exact) mass is 288 g/mol. The van der Waals surface area contributed by atoms with Gasteiger partial charge in [0, 0.05) is 25.2 Å². The quantitative estimate of drug-likeness (QED) is 0.840. The van der Waals surface area contributed by atoms with Crippen LogP contribution in [0.15, 0.2) is 0 Å². The van der Waals surface area contributed by atoms with Crippen LogP contribution < -0.4 is 5.32 Å². The molecule has 2 saturated heterocycles. The van der Waals surface area contributed by atoms with Gasteiger partial charge in [-0.15, -0.1) is 0 Å². The van der Waals surface area contributed by atoms with Crippen LogP contribution in [0.25, 0.3) is 0 Å². The molecule has 0 aliphatic carbocycles. The molecule has 6 heteroatoms. The van der Waals surface area contributed by atoms with Crippen molar-refractivity contribution in [2.24, 2.45) is 0 Å². The van der Waals surface area contributed by atoms with Crippen molar-refractivity contribution in [3.63, 3.8) is 0 Å². The minimum Gasteiger partial charge on any atom is -0.444 e. The van der Waals surface area contributed by atoms with Crippen LogP contribution in [0.1, 0.15) is 33.6 Å². The zero-order chi connectivity index (χ0) is 14.8. The summed E-state index contributed by atoms with van der Waals surface area (Å²) in [5.41, 5.74) is -0.542. The summed E-state index contributed by atoms with van der Waals surface area (Å²) in [5, 5.41) is 3.30. The summed E-state index contributed by atoms with van der Waals surface area (Å²) in [5.74, 6) is 0. The maximum absolute atomic E-state index is 14.2. The summed E-state index contributed by atoms with van der Waals surface area (Å²) < 4.78 is 24.7. The topological polar surface area (TPSA) is 50.8 Å². The van der Waals surface area contributed by atoms with E-state index in [1.807, 2.05) is 20.8 Å². The molecule has 0 aromatic heterocycles. The van der Waals surface area contributed by atoms with Crippen molar-refractivity contribution in [1.29, 1.82) is 0 Å². The van der Waals surface area contributed by atoms with Gasteiger partial charge in [-0.1, -0.05) is 0 Å². The van der Waals surface area contributed by atoms with Gasteiger partial charge in [-0.25, -0.2) is 9.18 Å². The van der Waals surface area contributed by atoms with Gasteiger partial charge in [0.1, 0.15) is 11.8 Å². The van der Waals surface area contributed by atoms with E-state index in [9.17, 15) is 9.18 Å². The number of carbonyl (C=O) groups is 1. The lowest BCUT2D eigenvalue weighted by molar-refractivity contribution is 0.00864. The SMILES string of the molecule is CC(C)(C)OC(=O)N1CC[C@@H](N[C@@H]2CCOC2)[C@@H](F)C1. The van der Waals surface area contributed by atoms with Crippen molar-refractivity contribution in [1.82, 2.24) is 10.2 Å². The van der Waals surface area contributed by atoms with Gasteiger partial charge >= 0.3 is 6.09 Å². The number of rotatable bonds is 2. The Labute approximate surface area is 119 Å². The molecule has 0 spiro atoms. The van der Waals surface area contributed by atoms with E-state index >= 15 is 0 Å². The van der Waals surface area contributed by atoms with Crippen molar-refractivity contribution in [3.05, 3.63) is 0 Å². The van der Waals surface area contributed by atoms with Crippen LogP contribution in [0.2, 0.25) is 0 Å². The highest BCUT2D eigenvalue weighted by Gasteiger charge is 2.34. The maximum Gasteiger partial charge on any atom is 0.410 e. The summed E-state index contributed by atoms with van der Waals surface area (Å²) in [6.07, 6.45) is 0.0512. The van der Waals surface area contributed by atoms with Gasteiger partial charge in [-0.2, -0.15) is 0 Å². The van der Waals surface area contributed by atoms with Crippen LogP contribution in [0.5, 0.6) is 0 Å². The third-order valence-corrected chi connectivity index (χ3v) is 3.57. The fourth-order valence-electron chi connectivity index (χ4n) is 2.55. The molecule has 116 valence electrons. The van der Waals surface area contributed by atoms with Gasteiger partial charge < -0.3 is 19.7 Å². The average Bonchev–Trinajstić information content (AvgIpc) is 2.82. The Hall–Kier alpha value is -0.880. The number of halogens is 1. The predicted octanol–water partition coefficient (Wildman–Crippen LogP) is 1.71. The fourth-order valence-corrected chi connectivity index (χ4v) is 2.55. The molecular formula is C14H25FN2O3. The summed E-state index contributed by atoms with van der Waals surface area (Å²) in [6.45, 7) is 7.45. The molecule has 20 heavy (non-hydrogen) atoms. The Bertz CT molecular complexity index is 340. The van der Waals surface area contributed by atoms with Crippen LogP contribution in [0.4, 0.5) is 9.18 Å². The fraction of sp³-hybridized carbons (Fsp3) is 0.929. The van der Waals surface area contributed by atoms with Crippen molar-refractivity contribution in [3.8, 4) is 0 Å². The lowest BCUT2D eigenvalue weighted by Crippen LogP contribution is -2.55. The second kappa shape index (κ2) is 6.26. The van der Waals surface area contributed by atoms with Crippen LogP contribution in [-0.2, 0) is 9.47 Å². The number of amides is 1. The molecule has 5 nitrogen and oxygen atoms in total. The molecule has 0 bridgehead atoms. The predicted molar refractivity (Wildman–Crippen MR) is 73.5 cm³/mol. The molecule has 1 N–H and O–H groups in total. The molecule has 2 rings (SSSR count). The van der Waals surface area contributed by atoms with Gasteiger partial charge in [-0.3, -0.25) is 0 Å². The summed E-state index contributed by atoms with van der Waals surface area (Å²) in [4.78, 5) is 13.4. The molecule has 2 heterocycles. The first-order valence-electron chi connectivity index (χ1n) is 7.31.